The van der Waals surface area contributed by atoms with Crippen LogP contribution in [0.1, 0.15) is 64.2 Å². The normalized spacial score (nSPS) is 21.3. The van der Waals surface area contributed by atoms with E-state index in [2.05, 4.69) is 84.0 Å². The molecule has 0 aliphatic heterocycles. The summed E-state index contributed by atoms with van der Waals surface area (Å²) in [6, 6.07) is 15.8. The van der Waals surface area contributed by atoms with E-state index in [0.29, 0.717) is 5.92 Å². The third-order valence-corrected chi connectivity index (χ3v) is 6.59. The molecule has 2 aliphatic carbocycles. The predicted molar refractivity (Wildman–Crippen MR) is 104 cm³/mol. The Labute approximate surface area is 145 Å². The van der Waals surface area contributed by atoms with Crippen molar-refractivity contribution in [2.24, 2.45) is 5.41 Å². The Bertz CT molecular complexity index is 919. The molecule has 0 N–H and O–H groups in total. The number of fused-ring (bicyclic) bond motifs is 3. The monoisotopic (exact) mass is 314 g/mol. The summed E-state index contributed by atoms with van der Waals surface area (Å²) < 4.78 is 0. The Morgan fingerprint density at radius 3 is 2.04 bits per heavy atom. The van der Waals surface area contributed by atoms with Gasteiger partial charge in [-0.05, 0) is 65.3 Å². The highest BCUT2D eigenvalue weighted by Gasteiger charge is 2.38. The van der Waals surface area contributed by atoms with Crippen molar-refractivity contribution in [3.63, 3.8) is 0 Å². The Balaban J connectivity index is 2.00. The zero-order valence-electron chi connectivity index (χ0n) is 15.6. The van der Waals surface area contributed by atoms with Gasteiger partial charge in [-0.25, -0.2) is 0 Å². The minimum atomic E-state index is 0.109. The average Bonchev–Trinajstić information content (AvgIpc) is 2.94. The van der Waals surface area contributed by atoms with Crippen molar-refractivity contribution in [2.75, 3.05) is 0 Å². The van der Waals surface area contributed by atoms with E-state index >= 15 is 0 Å². The number of hydrogen-bond acceptors (Lipinski definition) is 0. The van der Waals surface area contributed by atoms with Gasteiger partial charge in [0.15, 0.2) is 0 Å². The average molecular weight is 314 g/mol. The summed E-state index contributed by atoms with van der Waals surface area (Å²) in [5, 5.41) is 0. The molecule has 0 aromatic heterocycles. The molecule has 0 saturated carbocycles. The molecule has 0 spiro atoms. The zero-order chi connectivity index (χ0) is 17.2. The maximum absolute atomic E-state index is 2.38. The van der Waals surface area contributed by atoms with Crippen LogP contribution in [0.2, 0.25) is 0 Å². The lowest BCUT2D eigenvalue weighted by atomic mass is 9.75. The Morgan fingerprint density at radius 2 is 1.38 bits per heavy atom. The molecule has 24 heavy (non-hydrogen) atoms. The Morgan fingerprint density at radius 1 is 0.750 bits per heavy atom. The minimum Gasteiger partial charge on any atom is -0.0619 e. The lowest BCUT2D eigenvalue weighted by Crippen LogP contribution is -2.14. The van der Waals surface area contributed by atoms with Crippen LogP contribution in [0.25, 0.3) is 16.7 Å². The molecule has 2 aliphatic rings. The van der Waals surface area contributed by atoms with Crippen LogP contribution >= 0.6 is 0 Å². The summed E-state index contributed by atoms with van der Waals surface area (Å²) in [4.78, 5) is 0. The second-order valence-corrected chi connectivity index (χ2v) is 7.95. The second kappa shape index (κ2) is 4.96. The van der Waals surface area contributed by atoms with Crippen LogP contribution in [0.3, 0.4) is 0 Å². The van der Waals surface area contributed by atoms with Crippen LogP contribution in [-0.4, -0.2) is 0 Å². The summed E-state index contributed by atoms with van der Waals surface area (Å²) >= 11 is 0. The highest BCUT2D eigenvalue weighted by Crippen LogP contribution is 2.55. The van der Waals surface area contributed by atoms with Gasteiger partial charge in [-0.3, -0.25) is 0 Å². The van der Waals surface area contributed by atoms with E-state index in [1.807, 2.05) is 0 Å². The number of allylic oxidation sites excluding steroid dienone is 4. The summed E-state index contributed by atoms with van der Waals surface area (Å²) in [5.41, 5.74) is 13.4. The minimum absolute atomic E-state index is 0.109. The molecule has 0 radical (unpaired) electrons. The molecular formula is C24H26. The summed E-state index contributed by atoms with van der Waals surface area (Å²) in [6.07, 6.45) is 0. The molecule has 0 heteroatoms. The van der Waals surface area contributed by atoms with Gasteiger partial charge in [0.05, 0.1) is 0 Å². The molecule has 1 unspecified atom stereocenters. The van der Waals surface area contributed by atoms with Gasteiger partial charge in [-0.2, -0.15) is 0 Å². The van der Waals surface area contributed by atoms with E-state index < -0.39 is 0 Å². The maximum atomic E-state index is 2.38. The van der Waals surface area contributed by atoms with Crippen LogP contribution in [0.5, 0.6) is 0 Å². The van der Waals surface area contributed by atoms with Gasteiger partial charge in [-0.1, -0.05) is 68.8 Å². The first kappa shape index (κ1) is 15.4. The quantitative estimate of drug-likeness (QED) is 0.533. The fourth-order valence-electron chi connectivity index (χ4n) is 4.89. The molecule has 0 nitrogen and oxygen atoms in total. The van der Waals surface area contributed by atoms with E-state index in [4.69, 9.17) is 0 Å². The predicted octanol–water partition coefficient (Wildman–Crippen LogP) is 6.97. The van der Waals surface area contributed by atoms with Crippen LogP contribution in [0, 0.1) is 5.41 Å². The lowest BCUT2D eigenvalue weighted by Gasteiger charge is -2.28. The van der Waals surface area contributed by atoms with Crippen LogP contribution in [0.4, 0.5) is 0 Å². The summed E-state index contributed by atoms with van der Waals surface area (Å²) in [7, 11) is 0. The number of rotatable bonds is 1. The molecule has 1 atom stereocenters. The van der Waals surface area contributed by atoms with Crippen molar-refractivity contribution >= 4 is 5.57 Å². The molecule has 122 valence electrons. The fourth-order valence-corrected chi connectivity index (χ4v) is 4.89. The Hall–Kier alpha value is -2.08. The van der Waals surface area contributed by atoms with Crippen molar-refractivity contribution in [2.45, 2.75) is 47.5 Å². The largest absolute Gasteiger partial charge is 0.0619 e. The van der Waals surface area contributed by atoms with E-state index in [-0.39, 0.29) is 5.41 Å². The van der Waals surface area contributed by atoms with Gasteiger partial charge in [-0.15, -0.1) is 0 Å². The highest BCUT2D eigenvalue weighted by molar-refractivity contribution is 5.90. The van der Waals surface area contributed by atoms with Crippen LogP contribution in [-0.2, 0) is 0 Å². The van der Waals surface area contributed by atoms with Crippen molar-refractivity contribution in [1.82, 2.24) is 0 Å². The number of benzene rings is 2. The molecule has 0 amide bonds. The van der Waals surface area contributed by atoms with E-state index in [0.717, 1.165) is 0 Å². The molecule has 2 aromatic rings. The molecule has 0 bridgehead atoms. The van der Waals surface area contributed by atoms with Gasteiger partial charge in [0.1, 0.15) is 0 Å². The molecule has 0 saturated heterocycles. The lowest BCUT2D eigenvalue weighted by molar-refractivity contribution is 0.608. The molecule has 0 fully saturated rings. The zero-order valence-corrected chi connectivity index (χ0v) is 15.6. The number of hydrogen-bond donors (Lipinski definition) is 0. The fraction of sp³-hybridized carbons (Fsp3) is 0.333. The second-order valence-electron chi connectivity index (χ2n) is 7.95. The Kier molecular flexibility index (Phi) is 3.19. The SMILES string of the molecule is CC1=C(C)C(C)(C)C(c2cccc3c2C(C)c2ccccc2-3)=C1C. The molecule has 0 heterocycles. The van der Waals surface area contributed by atoms with Gasteiger partial charge < -0.3 is 0 Å². The van der Waals surface area contributed by atoms with Gasteiger partial charge in [0, 0.05) is 11.3 Å². The van der Waals surface area contributed by atoms with E-state index in [1.54, 1.807) is 0 Å². The third kappa shape index (κ3) is 1.80. The van der Waals surface area contributed by atoms with E-state index in [1.165, 1.54) is 50.1 Å². The maximum Gasteiger partial charge on any atom is 0.0117 e. The van der Waals surface area contributed by atoms with E-state index in [9.17, 15) is 0 Å². The van der Waals surface area contributed by atoms with Crippen LogP contribution < -0.4 is 0 Å². The molecule has 4 rings (SSSR count). The van der Waals surface area contributed by atoms with Gasteiger partial charge in [0.25, 0.3) is 0 Å². The first-order chi connectivity index (χ1) is 11.4. The van der Waals surface area contributed by atoms with Crippen molar-refractivity contribution in [3.8, 4) is 11.1 Å². The molecular weight excluding hydrogens is 288 g/mol. The van der Waals surface area contributed by atoms with Crippen molar-refractivity contribution in [1.29, 1.82) is 0 Å². The third-order valence-electron chi connectivity index (χ3n) is 6.59. The smallest absolute Gasteiger partial charge is 0.0117 e. The standard InChI is InChI=1S/C24H26/c1-14-15(2)23(24(5,6)17(14)4)21-13-9-12-20-19-11-8-7-10-18(19)16(3)22(20)21/h7-13,16H,1-6H3. The molecule has 2 aromatic carbocycles. The van der Waals surface area contributed by atoms with Gasteiger partial charge in [0.2, 0.25) is 0 Å². The summed E-state index contributed by atoms with van der Waals surface area (Å²) in [5.74, 6) is 0.463. The highest BCUT2D eigenvalue weighted by atomic mass is 14.4. The topological polar surface area (TPSA) is 0 Å². The van der Waals surface area contributed by atoms with Crippen molar-refractivity contribution in [3.05, 3.63) is 75.9 Å². The van der Waals surface area contributed by atoms with Crippen LogP contribution in [0.15, 0.2) is 59.2 Å². The van der Waals surface area contributed by atoms with Gasteiger partial charge >= 0.3 is 0 Å². The first-order valence-corrected chi connectivity index (χ1v) is 8.98. The van der Waals surface area contributed by atoms with Crippen molar-refractivity contribution < 1.29 is 0 Å². The summed E-state index contributed by atoms with van der Waals surface area (Å²) in [6.45, 7) is 14.0. The first-order valence-electron chi connectivity index (χ1n) is 8.98.